The molecule has 7 heteroatoms. The number of hydrogen-bond donors (Lipinski definition) is 1. The maximum Gasteiger partial charge on any atom is 0.310 e. The quantitative estimate of drug-likeness (QED) is 0.764. The molecule has 3 aromatic rings. The van der Waals surface area contributed by atoms with E-state index >= 15 is 0 Å². The van der Waals surface area contributed by atoms with E-state index in [2.05, 4.69) is 4.98 Å². The van der Waals surface area contributed by atoms with Crippen molar-refractivity contribution in [2.24, 2.45) is 5.41 Å². The number of pyridine rings is 1. The van der Waals surface area contributed by atoms with Crippen molar-refractivity contribution in [2.45, 2.75) is 39.7 Å². The van der Waals surface area contributed by atoms with Gasteiger partial charge in [0, 0.05) is 29.4 Å². The molecule has 4 rings (SSSR count). The number of hydrogen-bond acceptors (Lipinski definition) is 5. The molecule has 1 aliphatic carbocycles. The first-order chi connectivity index (χ1) is 12.4. The van der Waals surface area contributed by atoms with Gasteiger partial charge in [0.15, 0.2) is 0 Å². The lowest BCUT2D eigenvalue weighted by molar-refractivity contribution is -0.147. The van der Waals surface area contributed by atoms with Crippen molar-refractivity contribution >= 4 is 27.5 Å². The molecule has 0 aliphatic heterocycles. The van der Waals surface area contributed by atoms with Gasteiger partial charge in [-0.05, 0) is 50.8 Å². The number of carbonyl (C=O) groups is 1. The molecule has 3 aromatic heterocycles. The third-order valence-electron chi connectivity index (χ3n) is 4.88. The molecule has 6 nitrogen and oxygen atoms in total. The molecular formula is C19H19N3O3S. The molecule has 134 valence electrons. The van der Waals surface area contributed by atoms with Crippen molar-refractivity contribution in [3.63, 3.8) is 0 Å². The van der Waals surface area contributed by atoms with Crippen LogP contribution in [0.3, 0.4) is 0 Å². The van der Waals surface area contributed by atoms with Crippen LogP contribution in [0.25, 0.3) is 21.6 Å². The second-order valence-corrected chi connectivity index (χ2v) is 8.38. The lowest BCUT2D eigenvalue weighted by atomic mass is 9.93. The topological polar surface area (TPSA) is 85.1 Å². The van der Waals surface area contributed by atoms with Crippen molar-refractivity contribution in [3.05, 3.63) is 45.3 Å². The van der Waals surface area contributed by atoms with Gasteiger partial charge in [0.2, 0.25) is 0 Å². The van der Waals surface area contributed by atoms with E-state index in [4.69, 9.17) is 4.98 Å². The maximum absolute atomic E-state index is 13.4. The zero-order chi connectivity index (χ0) is 18.5. The zero-order valence-electron chi connectivity index (χ0n) is 14.7. The molecule has 0 fully saturated rings. The molecule has 0 amide bonds. The number of carboxylic acids is 1. The molecule has 0 bridgehead atoms. The van der Waals surface area contributed by atoms with Gasteiger partial charge in [0.25, 0.3) is 5.56 Å². The summed E-state index contributed by atoms with van der Waals surface area (Å²) in [6.45, 7) is 3.30. The van der Waals surface area contributed by atoms with Gasteiger partial charge in [0.1, 0.15) is 10.7 Å². The standard InChI is InChI=1S/C19H19N3O3S/c1-19(2,18(24)25)10-22-15(11-5-4-8-20-9-11)21-16-14(17(22)23)12-6-3-7-13(12)26-16/h4-5,8-9H,3,6-7,10H2,1-2H3,(H,24,25). The van der Waals surface area contributed by atoms with Gasteiger partial charge in [-0.1, -0.05) is 0 Å². The summed E-state index contributed by atoms with van der Waals surface area (Å²) in [5.41, 5.74) is 0.570. The predicted molar refractivity (Wildman–Crippen MR) is 101 cm³/mol. The zero-order valence-corrected chi connectivity index (χ0v) is 15.5. The summed E-state index contributed by atoms with van der Waals surface area (Å²) >= 11 is 1.58. The third kappa shape index (κ3) is 2.63. The Balaban J connectivity index is 2.01. The Kier molecular flexibility index (Phi) is 3.91. The van der Waals surface area contributed by atoms with Crippen LogP contribution < -0.4 is 5.56 Å². The Morgan fingerprint density at radius 3 is 2.88 bits per heavy atom. The summed E-state index contributed by atoms with van der Waals surface area (Å²) in [4.78, 5) is 35.9. The minimum Gasteiger partial charge on any atom is -0.481 e. The highest BCUT2D eigenvalue weighted by atomic mass is 32.1. The number of aryl methyl sites for hydroxylation is 2. The average molecular weight is 369 g/mol. The van der Waals surface area contributed by atoms with Crippen molar-refractivity contribution in [3.8, 4) is 11.4 Å². The van der Waals surface area contributed by atoms with Gasteiger partial charge >= 0.3 is 5.97 Å². The first kappa shape index (κ1) is 16.9. The van der Waals surface area contributed by atoms with Gasteiger partial charge in [-0.15, -0.1) is 11.3 Å². The fourth-order valence-electron chi connectivity index (χ4n) is 3.40. The Morgan fingerprint density at radius 2 is 2.19 bits per heavy atom. The molecule has 0 unspecified atom stereocenters. The van der Waals surface area contributed by atoms with Crippen LogP contribution in [0, 0.1) is 5.41 Å². The van der Waals surface area contributed by atoms with Crippen LogP contribution in [0.4, 0.5) is 0 Å². The van der Waals surface area contributed by atoms with Crippen LogP contribution >= 0.6 is 11.3 Å². The first-order valence-electron chi connectivity index (χ1n) is 8.57. The van der Waals surface area contributed by atoms with E-state index in [1.165, 1.54) is 9.44 Å². The van der Waals surface area contributed by atoms with E-state index in [0.29, 0.717) is 16.8 Å². The second kappa shape index (κ2) is 6.02. The molecule has 1 N–H and O–H groups in total. The minimum absolute atomic E-state index is 0.0545. The third-order valence-corrected chi connectivity index (χ3v) is 6.06. The summed E-state index contributed by atoms with van der Waals surface area (Å²) in [6.07, 6.45) is 6.24. The van der Waals surface area contributed by atoms with Gasteiger partial charge in [-0.2, -0.15) is 0 Å². The highest BCUT2D eigenvalue weighted by molar-refractivity contribution is 7.18. The number of fused-ring (bicyclic) bond motifs is 3. The van der Waals surface area contributed by atoms with Crippen LogP contribution in [0.1, 0.15) is 30.7 Å². The SMILES string of the molecule is CC(C)(Cn1c(-c2cccnc2)nc2sc3c(c2c1=O)CCC3)C(=O)O. The Hall–Kier alpha value is -2.54. The van der Waals surface area contributed by atoms with Crippen molar-refractivity contribution in [1.82, 2.24) is 14.5 Å². The number of aromatic nitrogens is 3. The molecule has 0 atom stereocenters. The van der Waals surface area contributed by atoms with Crippen LogP contribution in [0.2, 0.25) is 0 Å². The number of carboxylic acid groups (broad SMARTS) is 1. The second-order valence-electron chi connectivity index (χ2n) is 7.29. The van der Waals surface area contributed by atoms with E-state index in [-0.39, 0.29) is 12.1 Å². The van der Waals surface area contributed by atoms with Gasteiger partial charge in [-0.25, -0.2) is 4.98 Å². The minimum atomic E-state index is -1.09. The average Bonchev–Trinajstić information content (AvgIpc) is 3.18. The molecule has 0 aromatic carbocycles. The normalized spacial score (nSPS) is 13.9. The van der Waals surface area contributed by atoms with Crippen molar-refractivity contribution < 1.29 is 9.90 Å². The van der Waals surface area contributed by atoms with E-state index in [1.54, 1.807) is 43.6 Å². The molecule has 0 spiro atoms. The lowest BCUT2D eigenvalue weighted by Crippen LogP contribution is -2.35. The lowest BCUT2D eigenvalue weighted by Gasteiger charge is -2.22. The van der Waals surface area contributed by atoms with E-state index in [1.807, 2.05) is 6.07 Å². The Labute approximate surface area is 154 Å². The fourth-order valence-corrected chi connectivity index (χ4v) is 4.65. The van der Waals surface area contributed by atoms with E-state index in [9.17, 15) is 14.7 Å². The monoisotopic (exact) mass is 369 g/mol. The summed E-state index contributed by atoms with van der Waals surface area (Å²) in [5, 5.41) is 10.2. The highest BCUT2D eigenvalue weighted by Crippen LogP contribution is 2.36. The molecule has 1 aliphatic rings. The maximum atomic E-state index is 13.4. The molecule has 0 saturated heterocycles. The van der Waals surface area contributed by atoms with Gasteiger partial charge < -0.3 is 5.11 Å². The van der Waals surface area contributed by atoms with E-state index < -0.39 is 11.4 Å². The number of nitrogens with zero attached hydrogens (tertiary/aromatic N) is 3. The number of rotatable bonds is 4. The van der Waals surface area contributed by atoms with Crippen molar-refractivity contribution in [1.29, 1.82) is 0 Å². The number of thiophene rings is 1. The Morgan fingerprint density at radius 1 is 1.38 bits per heavy atom. The smallest absolute Gasteiger partial charge is 0.310 e. The molecule has 0 radical (unpaired) electrons. The van der Waals surface area contributed by atoms with Crippen LogP contribution in [0.5, 0.6) is 0 Å². The Bertz CT molecular complexity index is 1070. The van der Waals surface area contributed by atoms with Crippen LogP contribution in [-0.4, -0.2) is 25.6 Å². The van der Waals surface area contributed by atoms with Gasteiger partial charge in [0.05, 0.1) is 10.8 Å². The predicted octanol–water partition coefficient (Wildman–Crippen LogP) is 3.12. The molecule has 0 saturated carbocycles. The van der Waals surface area contributed by atoms with Gasteiger partial charge in [-0.3, -0.25) is 19.1 Å². The largest absolute Gasteiger partial charge is 0.481 e. The number of aliphatic carboxylic acids is 1. The summed E-state index contributed by atoms with van der Waals surface area (Å²) in [6, 6.07) is 3.62. The molecular weight excluding hydrogens is 350 g/mol. The van der Waals surface area contributed by atoms with Crippen molar-refractivity contribution in [2.75, 3.05) is 0 Å². The van der Waals surface area contributed by atoms with E-state index in [0.717, 1.165) is 29.7 Å². The summed E-state index contributed by atoms with van der Waals surface area (Å²) in [7, 11) is 0. The van der Waals surface area contributed by atoms with Crippen LogP contribution in [-0.2, 0) is 24.2 Å². The van der Waals surface area contributed by atoms with Crippen LogP contribution in [0.15, 0.2) is 29.3 Å². The molecule has 3 heterocycles. The molecule has 26 heavy (non-hydrogen) atoms. The summed E-state index contributed by atoms with van der Waals surface area (Å²) in [5.74, 6) is -0.470. The fraction of sp³-hybridized carbons (Fsp3) is 0.368. The first-order valence-corrected chi connectivity index (χ1v) is 9.39. The summed E-state index contributed by atoms with van der Waals surface area (Å²) < 4.78 is 1.51. The highest BCUT2D eigenvalue weighted by Gasteiger charge is 2.31.